The first-order valence-electron chi connectivity index (χ1n) is 9.63. The van der Waals surface area contributed by atoms with Crippen molar-refractivity contribution in [2.45, 2.75) is 17.3 Å². The highest BCUT2D eigenvalue weighted by atomic mass is 32.2. The largest absolute Gasteiger partial charge is 0.353 e. The van der Waals surface area contributed by atoms with Crippen molar-refractivity contribution in [1.29, 1.82) is 0 Å². The highest BCUT2D eigenvalue weighted by Crippen LogP contribution is 2.37. The SMILES string of the molecule is NC(C(=O)N[C@@H]1C(=O)NCCS[C@@H]1c1cccc2ccccc12)c1ccccc1. The molecule has 6 heteroatoms. The van der Waals surface area contributed by atoms with Crippen molar-refractivity contribution in [2.75, 3.05) is 12.3 Å². The predicted octanol–water partition coefficient (Wildman–Crippen LogP) is 2.93. The first-order valence-corrected chi connectivity index (χ1v) is 10.7. The normalized spacial score (nSPS) is 20.5. The third kappa shape index (κ3) is 4.13. The molecule has 3 aromatic carbocycles. The van der Waals surface area contributed by atoms with E-state index in [0.29, 0.717) is 12.1 Å². The van der Waals surface area contributed by atoms with E-state index < -0.39 is 12.1 Å². The molecule has 0 aliphatic carbocycles. The van der Waals surface area contributed by atoms with Crippen LogP contribution in [0.15, 0.2) is 72.8 Å². The maximum Gasteiger partial charge on any atom is 0.244 e. The van der Waals surface area contributed by atoms with Gasteiger partial charge in [-0.2, -0.15) is 0 Å². The van der Waals surface area contributed by atoms with Crippen LogP contribution >= 0.6 is 11.8 Å². The fourth-order valence-corrected chi connectivity index (χ4v) is 4.91. The predicted molar refractivity (Wildman–Crippen MR) is 117 cm³/mol. The lowest BCUT2D eigenvalue weighted by Gasteiger charge is -2.27. The fraction of sp³-hybridized carbons (Fsp3) is 0.217. The number of nitrogens with two attached hydrogens (primary N) is 1. The van der Waals surface area contributed by atoms with Crippen molar-refractivity contribution in [3.63, 3.8) is 0 Å². The molecule has 0 aromatic heterocycles. The van der Waals surface area contributed by atoms with Gasteiger partial charge in [-0.3, -0.25) is 9.59 Å². The first-order chi connectivity index (χ1) is 14.1. The number of rotatable bonds is 4. The van der Waals surface area contributed by atoms with Crippen LogP contribution in [0.3, 0.4) is 0 Å². The molecular formula is C23H23N3O2S. The molecule has 29 heavy (non-hydrogen) atoms. The summed E-state index contributed by atoms with van der Waals surface area (Å²) in [5, 5.41) is 7.84. The third-order valence-corrected chi connectivity index (χ3v) is 6.48. The van der Waals surface area contributed by atoms with Crippen molar-refractivity contribution in [3.05, 3.63) is 83.9 Å². The number of hydrogen-bond donors (Lipinski definition) is 3. The Balaban J connectivity index is 1.66. The third-order valence-electron chi connectivity index (χ3n) is 5.15. The number of amides is 2. The standard InChI is InChI=1S/C23H23N3O2S/c24-19(16-8-2-1-3-9-16)22(27)26-20-21(29-14-13-25-23(20)28)18-12-6-10-15-7-4-5-11-17(15)18/h1-12,19-21H,13-14,24H2,(H,25,28)(H,26,27)/t19?,20-,21+/m0/s1. The van der Waals surface area contributed by atoms with Gasteiger partial charge in [-0.15, -0.1) is 11.8 Å². The van der Waals surface area contributed by atoms with Crippen LogP contribution < -0.4 is 16.4 Å². The smallest absolute Gasteiger partial charge is 0.244 e. The van der Waals surface area contributed by atoms with E-state index >= 15 is 0 Å². The van der Waals surface area contributed by atoms with Gasteiger partial charge in [0.05, 0.1) is 5.25 Å². The maximum atomic E-state index is 12.9. The van der Waals surface area contributed by atoms with Gasteiger partial charge in [0.15, 0.2) is 0 Å². The van der Waals surface area contributed by atoms with Crippen molar-refractivity contribution >= 4 is 34.3 Å². The lowest BCUT2D eigenvalue weighted by molar-refractivity contribution is -0.129. The first kappa shape index (κ1) is 19.5. The van der Waals surface area contributed by atoms with E-state index in [0.717, 1.165) is 22.1 Å². The second-order valence-electron chi connectivity index (χ2n) is 7.03. The van der Waals surface area contributed by atoms with E-state index in [1.807, 2.05) is 54.6 Å². The molecular weight excluding hydrogens is 382 g/mol. The molecule has 3 aromatic rings. The molecule has 1 aliphatic heterocycles. The number of thioether (sulfide) groups is 1. The van der Waals surface area contributed by atoms with Crippen LogP contribution in [0.5, 0.6) is 0 Å². The lowest BCUT2D eigenvalue weighted by Crippen LogP contribution is -2.50. The molecule has 4 rings (SSSR count). The molecule has 0 radical (unpaired) electrons. The summed E-state index contributed by atoms with van der Waals surface area (Å²) in [5.74, 6) is 0.238. The van der Waals surface area contributed by atoms with Gasteiger partial charge in [-0.1, -0.05) is 72.8 Å². The zero-order valence-electron chi connectivity index (χ0n) is 15.9. The second kappa shape index (κ2) is 8.68. The topological polar surface area (TPSA) is 84.2 Å². The second-order valence-corrected chi connectivity index (χ2v) is 8.27. The van der Waals surface area contributed by atoms with Gasteiger partial charge in [-0.05, 0) is 21.9 Å². The fourth-order valence-electron chi connectivity index (χ4n) is 3.67. The van der Waals surface area contributed by atoms with E-state index in [-0.39, 0.29) is 17.1 Å². The van der Waals surface area contributed by atoms with Crippen LogP contribution in [0.25, 0.3) is 10.8 Å². The zero-order chi connectivity index (χ0) is 20.2. The quantitative estimate of drug-likeness (QED) is 0.623. The minimum absolute atomic E-state index is 0.179. The van der Waals surface area contributed by atoms with E-state index in [1.165, 1.54) is 0 Å². The maximum absolute atomic E-state index is 12.9. The van der Waals surface area contributed by atoms with Crippen LogP contribution in [0.1, 0.15) is 22.4 Å². The van der Waals surface area contributed by atoms with Crippen molar-refractivity contribution < 1.29 is 9.59 Å². The highest BCUT2D eigenvalue weighted by Gasteiger charge is 2.35. The average Bonchev–Trinajstić information content (AvgIpc) is 2.95. The summed E-state index contributed by atoms with van der Waals surface area (Å²) in [5.41, 5.74) is 7.93. The summed E-state index contributed by atoms with van der Waals surface area (Å²) < 4.78 is 0. The van der Waals surface area contributed by atoms with Crippen LogP contribution in [-0.4, -0.2) is 30.2 Å². The van der Waals surface area contributed by atoms with Crippen LogP contribution in [0.4, 0.5) is 0 Å². The summed E-state index contributed by atoms with van der Waals surface area (Å²) in [6, 6.07) is 21.9. The molecule has 4 N–H and O–H groups in total. The Morgan fingerprint density at radius 3 is 2.59 bits per heavy atom. The van der Waals surface area contributed by atoms with Gasteiger partial charge < -0.3 is 16.4 Å². The number of benzene rings is 3. The van der Waals surface area contributed by atoms with Gasteiger partial charge in [-0.25, -0.2) is 0 Å². The van der Waals surface area contributed by atoms with Crippen LogP contribution in [0, 0.1) is 0 Å². The van der Waals surface area contributed by atoms with Gasteiger partial charge in [0.1, 0.15) is 12.1 Å². The van der Waals surface area contributed by atoms with Crippen molar-refractivity contribution in [2.24, 2.45) is 5.73 Å². The Hall–Kier alpha value is -2.83. The number of nitrogens with one attached hydrogen (secondary N) is 2. The molecule has 0 spiro atoms. The summed E-state index contributed by atoms with van der Waals surface area (Å²) >= 11 is 1.67. The summed E-state index contributed by atoms with van der Waals surface area (Å²) in [6.07, 6.45) is 0. The number of carbonyl (C=O) groups is 2. The Morgan fingerprint density at radius 2 is 1.76 bits per heavy atom. The molecule has 1 fully saturated rings. The molecule has 1 heterocycles. The van der Waals surface area contributed by atoms with Gasteiger partial charge in [0, 0.05) is 12.3 Å². The summed E-state index contributed by atoms with van der Waals surface area (Å²) in [6.45, 7) is 0.571. The molecule has 2 amide bonds. The van der Waals surface area contributed by atoms with E-state index in [4.69, 9.17) is 5.73 Å². The number of fused-ring (bicyclic) bond motifs is 1. The molecule has 1 unspecified atom stereocenters. The molecule has 3 atom stereocenters. The summed E-state index contributed by atoms with van der Waals surface area (Å²) in [4.78, 5) is 25.7. The monoisotopic (exact) mass is 405 g/mol. The Morgan fingerprint density at radius 1 is 1.03 bits per heavy atom. The van der Waals surface area contributed by atoms with Crippen LogP contribution in [-0.2, 0) is 9.59 Å². The molecule has 0 bridgehead atoms. The van der Waals surface area contributed by atoms with E-state index in [1.54, 1.807) is 11.8 Å². The minimum atomic E-state index is -0.828. The van der Waals surface area contributed by atoms with Crippen molar-refractivity contribution in [1.82, 2.24) is 10.6 Å². The Kier molecular flexibility index (Phi) is 5.83. The van der Waals surface area contributed by atoms with Crippen molar-refractivity contribution in [3.8, 4) is 0 Å². The number of carbonyl (C=O) groups excluding carboxylic acids is 2. The molecule has 1 saturated heterocycles. The average molecular weight is 406 g/mol. The molecule has 5 nitrogen and oxygen atoms in total. The number of hydrogen-bond acceptors (Lipinski definition) is 4. The zero-order valence-corrected chi connectivity index (χ0v) is 16.7. The van der Waals surface area contributed by atoms with Gasteiger partial charge >= 0.3 is 0 Å². The molecule has 148 valence electrons. The Bertz CT molecular complexity index is 1020. The minimum Gasteiger partial charge on any atom is -0.353 e. The van der Waals surface area contributed by atoms with E-state index in [9.17, 15) is 9.59 Å². The summed E-state index contributed by atoms with van der Waals surface area (Å²) in [7, 11) is 0. The van der Waals surface area contributed by atoms with Crippen LogP contribution in [0.2, 0.25) is 0 Å². The van der Waals surface area contributed by atoms with Gasteiger partial charge in [0.2, 0.25) is 11.8 Å². The Labute approximate surface area is 174 Å². The highest BCUT2D eigenvalue weighted by molar-refractivity contribution is 7.99. The van der Waals surface area contributed by atoms with E-state index in [2.05, 4.69) is 28.8 Å². The lowest BCUT2D eigenvalue weighted by atomic mass is 9.97. The molecule has 1 aliphatic rings. The molecule has 0 saturated carbocycles. The van der Waals surface area contributed by atoms with Gasteiger partial charge in [0.25, 0.3) is 0 Å².